The van der Waals surface area contributed by atoms with Crippen molar-refractivity contribution < 1.29 is 4.79 Å². The molecule has 182 valence electrons. The normalized spacial score (nSPS) is 22.8. The number of aromatic nitrogens is 2. The number of likely N-dealkylation sites (tertiary alicyclic amines) is 1. The molecule has 2 saturated carbocycles. The van der Waals surface area contributed by atoms with E-state index in [9.17, 15) is 4.79 Å². The molecule has 35 heavy (non-hydrogen) atoms. The average Bonchev–Trinajstić information content (AvgIpc) is 3.23. The fraction of sp³-hybridized carbons (Fsp3) is 0.467. The molecular weight excluding hydrogens is 432 g/mol. The number of carbonyl (C=O) groups is 1. The number of benzene rings is 2. The van der Waals surface area contributed by atoms with Crippen molar-refractivity contribution in [2.75, 3.05) is 19.6 Å². The zero-order chi connectivity index (χ0) is 23.7. The first-order valence-electron chi connectivity index (χ1n) is 13.3. The van der Waals surface area contributed by atoms with E-state index in [4.69, 9.17) is 0 Å². The summed E-state index contributed by atoms with van der Waals surface area (Å²) in [5.41, 5.74) is 5.31. The van der Waals surface area contributed by atoms with Crippen LogP contribution < -0.4 is 5.32 Å². The summed E-state index contributed by atoms with van der Waals surface area (Å²) in [4.78, 5) is 15.7. The molecule has 0 radical (unpaired) electrons. The van der Waals surface area contributed by atoms with Crippen LogP contribution in [0.1, 0.15) is 56.1 Å². The molecule has 1 saturated heterocycles. The number of carbonyl (C=O) groups excluding carboxylic acids is 1. The maximum Gasteiger partial charge on any atom is 0.223 e. The Morgan fingerprint density at radius 1 is 0.971 bits per heavy atom. The molecule has 3 fully saturated rings. The topological polar surface area (TPSA) is 61.0 Å². The summed E-state index contributed by atoms with van der Waals surface area (Å²) in [5.74, 6) is 0.495. The van der Waals surface area contributed by atoms with Crippen molar-refractivity contribution in [3.05, 3.63) is 78.0 Å². The van der Waals surface area contributed by atoms with E-state index in [0.717, 1.165) is 51.1 Å². The molecule has 6 rings (SSSR count). The Labute approximate surface area is 208 Å². The Bertz CT molecular complexity index is 1140. The van der Waals surface area contributed by atoms with Gasteiger partial charge in [-0.25, -0.2) is 0 Å². The highest BCUT2D eigenvalue weighted by Crippen LogP contribution is 2.59. The minimum Gasteiger partial charge on any atom is -0.355 e. The van der Waals surface area contributed by atoms with Crippen LogP contribution in [0.25, 0.3) is 11.3 Å². The van der Waals surface area contributed by atoms with Gasteiger partial charge in [-0.15, -0.1) is 0 Å². The Morgan fingerprint density at radius 3 is 2.37 bits per heavy atom. The van der Waals surface area contributed by atoms with Crippen molar-refractivity contribution in [3.8, 4) is 11.3 Å². The van der Waals surface area contributed by atoms with Crippen molar-refractivity contribution in [2.24, 2.45) is 11.3 Å². The van der Waals surface area contributed by atoms with Crippen LogP contribution in [-0.4, -0.2) is 40.6 Å². The lowest BCUT2D eigenvalue weighted by Crippen LogP contribution is -2.41. The third-order valence-electron chi connectivity index (χ3n) is 9.08. The maximum atomic E-state index is 13.2. The molecule has 2 heterocycles. The lowest BCUT2D eigenvalue weighted by atomic mass is 9.78. The Balaban J connectivity index is 1.03. The summed E-state index contributed by atoms with van der Waals surface area (Å²) in [7, 11) is 0. The van der Waals surface area contributed by atoms with Gasteiger partial charge in [-0.05, 0) is 61.7 Å². The number of nitrogens with zero attached hydrogens (tertiary/aromatic N) is 2. The van der Waals surface area contributed by atoms with Gasteiger partial charge in [0.1, 0.15) is 0 Å². The second kappa shape index (κ2) is 9.27. The third-order valence-corrected chi connectivity index (χ3v) is 9.08. The van der Waals surface area contributed by atoms with Gasteiger partial charge in [0, 0.05) is 30.0 Å². The molecule has 2 aromatic carbocycles. The lowest BCUT2D eigenvalue weighted by molar-refractivity contribution is -0.123. The van der Waals surface area contributed by atoms with E-state index >= 15 is 0 Å². The molecule has 1 amide bonds. The number of hydrogen-bond donors (Lipinski definition) is 2. The molecule has 3 aromatic rings. The minimum absolute atomic E-state index is 0.128. The summed E-state index contributed by atoms with van der Waals surface area (Å²) in [5, 5.41) is 10.9. The molecule has 3 aliphatic rings. The molecule has 1 aromatic heterocycles. The summed E-state index contributed by atoms with van der Waals surface area (Å²) in [6.07, 6.45) is 10.1. The molecule has 5 heteroatoms. The summed E-state index contributed by atoms with van der Waals surface area (Å²) < 4.78 is 0. The number of rotatable bonds is 7. The average molecular weight is 469 g/mol. The predicted octanol–water partition coefficient (Wildman–Crippen LogP) is 5.31. The number of piperidine rings is 1. The van der Waals surface area contributed by atoms with E-state index < -0.39 is 0 Å². The smallest absolute Gasteiger partial charge is 0.223 e. The van der Waals surface area contributed by atoms with Crippen LogP contribution in [0, 0.1) is 11.3 Å². The first-order valence-corrected chi connectivity index (χ1v) is 13.3. The van der Waals surface area contributed by atoms with E-state index in [0.29, 0.717) is 5.91 Å². The highest BCUT2D eigenvalue weighted by atomic mass is 16.2. The maximum absolute atomic E-state index is 13.2. The van der Waals surface area contributed by atoms with E-state index in [2.05, 4.69) is 75.0 Å². The SMILES string of the molecule is O=C(NCC1(c2ccccc2)CCCC1)C1CC12CCN(Cc1cn[nH]c1-c1ccccc1)CC2. The van der Waals surface area contributed by atoms with Gasteiger partial charge in [0.05, 0.1) is 11.9 Å². The van der Waals surface area contributed by atoms with Crippen molar-refractivity contribution in [1.29, 1.82) is 0 Å². The Kier molecular flexibility index (Phi) is 5.97. The number of nitrogens with one attached hydrogen (secondary N) is 2. The third kappa shape index (κ3) is 4.42. The fourth-order valence-electron chi connectivity index (χ4n) is 6.74. The van der Waals surface area contributed by atoms with Crippen LogP contribution >= 0.6 is 0 Å². The molecule has 2 aliphatic carbocycles. The molecule has 2 N–H and O–H groups in total. The van der Waals surface area contributed by atoms with Crippen LogP contribution in [0.3, 0.4) is 0 Å². The van der Waals surface area contributed by atoms with Crippen molar-refractivity contribution in [1.82, 2.24) is 20.4 Å². The molecule has 5 nitrogen and oxygen atoms in total. The quantitative estimate of drug-likeness (QED) is 0.494. The second-order valence-electron chi connectivity index (χ2n) is 11.1. The number of aromatic amines is 1. The van der Waals surface area contributed by atoms with Crippen LogP contribution in [0.5, 0.6) is 0 Å². The van der Waals surface area contributed by atoms with Crippen LogP contribution in [-0.2, 0) is 16.8 Å². The van der Waals surface area contributed by atoms with Crippen molar-refractivity contribution in [2.45, 2.75) is 56.9 Å². The predicted molar refractivity (Wildman–Crippen MR) is 139 cm³/mol. The highest BCUT2D eigenvalue weighted by molar-refractivity contribution is 5.82. The first kappa shape index (κ1) is 22.5. The van der Waals surface area contributed by atoms with Crippen molar-refractivity contribution >= 4 is 5.91 Å². The summed E-state index contributed by atoms with van der Waals surface area (Å²) in [6.45, 7) is 3.80. The monoisotopic (exact) mass is 468 g/mol. The first-order chi connectivity index (χ1) is 17.2. The number of H-pyrrole nitrogens is 1. The largest absolute Gasteiger partial charge is 0.355 e. The summed E-state index contributed by atoms with van der Waals surface area (Å²) >= 11 is 0. The molecule has 0 bridgehead atoms. The van der Waals surface area contributed by atoms with Gasteiger partial charge in [-0.1, -0.05) is 73.5 Å². The highest BCUT2D eigenvalue weighted by Gasteiger charge is 2.58. The van der Waals surface area contributed by atoms with Gasteiger partial charge in [-0.2, -0.15) is 5.10 Å². The molecular formula is C30H36N4O. The van der Waals surface area contributed by atoms with Gasteiger partial charge < -0.3 is 5.32 Å². The molecule has 1 spiro atoms. The number of hydrogen-bond acceptors (Lipinski definition) is 3. The van der Waals surface area contributed by atoms with Gasteiger partial charge in [0.2, 0.25) is 5.91 Å². The van der Waals surface area contributed by atoms with E-state index in [1.54, 1.807) is 0 Å². The second-order valence-corrected chi connectivity index (χ2v) is 11.1. The Morgan fingerprint density at radius 2 is 1.66 bits per heavy atom. The van der Waals surface area contributed by atoms with Crippen molar-refractivity contribution in [3.63, 3.8) is 0 Å². The Hall–Kier alpha value is -2.92. The van der Waals surface area contributed by atoms with E-state index in [-0.39, 0.29) is 16.7 Å². The van der Waals surface area contributed by atoms with Gasteiger partial charge in [0.15, 0.2) is 0 Å². The zero-order valence-electron chi connectivity index (χ0n) is 20.5. The van der Waals surface area contributed by atoms with Gasteiger partial charge >= 0.3 is 0 Å². The summed E-state index contributed by atoms with van der Waals surface area (Å²) in [6, 6.07) is 21.3. The van der Waals surface area contributed by atoms with Crippen LogP contribution in [0.4, 0.5) is 0 Å². The van der Waals surface area contributed by atoms with E-state index in [1.165, 1.54) is 42.4 Å². The zero-order valence-corrected chi connectivity index (χ0v) is 20.5. The fourth-order valence-corrected chi connectivity index (χ4v) is 6.74. The minimum atomic E-state index is 0.128. The van der Waals surface area contributed by atoms with Crippen LogP contribution in [0.15, 0.2) is 66.9 Å². The number of amides is 1. The lowest BCUT2D eigenvalue weighted by Gasteiger charge is -2.33. The molecule has 1 atom stereocenters. The molecule has 1 aliphatic heterocycles. The van der Waals surface area contributed by atoms with Crippen LogP contribution in [0.2, 0.25) is 0 Å². The van der Waals surface area contributed by atoms with Gasteiger partial charge in [-0.3, -0.25) is 14.8 Å². The standard InChI is InChI=1S/C30H36N4O/c35-28(31-22-30(13-7-8-14-30)25-11-5-2-6-12-25)26-19-29(26)15-17-34(18-16-29)21-24-20-32-33-27(24)23-9-3-1-4-10-23/h1-6,9-12,20,26H,7-8,13-19,21-22H2,(H,31,35)(H,32,33). The van der Waals surface area contributed by atoms with E-state index in [1.807, 2.05) is 12.3 Å². The molecule has 1 unspecified atom stereocenters. The van der Waals surface area contributed by atoms with Gasteiger partial charge in [0.25, 0.3) is 0 Å².